The molecular formula is C27H33NO2. The fourth-order valence-corrected chi connectivity index (χ4v) is 4.07. The van der Waals surface area contributed by atoms with Crippen molar-refractivity contribution >= 4 is 0 Å². The van der Waals surface area contributed by atoms with Crippen LogP contribution in [0.2, 0.25) is 0 Å². The maximum absolute atomic E-state index is 8.97. The molecule has 158 valence electrons. The molecule has 0 fully saturated rings. The van der Waals surface area contributed by atoms with Crippen molar-refractivity contribution in [1.82, 2.24) is 5.32 Å². The molecule has 0 aliphatic heterocycles. The fraction of sp³-hybridized carbons (Fsp3) is 0.333. The van der Waals surface area contributed by atoms with Crippen LogP contribution in [0.15, 0.2) is 84.9 Å². The zero-order valence-corrected chi connectivity index (χ0v) is 17.9. The fourth-order valence-electron chi connectivity index (χ4n) is 4.07. The van der Waals surface area contributed by atoms with Crippen molar-refractivity contribution in [2.24, 2.45) is 0 Å². The highest BCUT2D eigenvalue weighted by molar-refractivity contribution is 5.50. The number of ether oxygens (including phenoxy) is 1. The number of hydrogen-bond acceptors (Lipinski definition) is 3. The van der Waals surface area contributed by atoms with E-state index in [0.717, 1.165) is 44.4 Å². The summed E-state index contributed by atoms with van der Waals surface area (Å²) in [5.41, 5.74) is 3.21. The molecule has 30 heavy (non-hydrogen) atoms. The molecule has 2 N–H and O–H groups in total. The Balaban J connectivity index is 1.94. The first-order valence-electron chi connectivity index (χ1n) is 10.9. The molecule has 0 atom stereocenters. The predicted octanol–water partition coefficient (Wildman–Crippen LogP) is 5.52. The van der Waals surface area contributed by atoms with Crippen LogP contribution in [0, 0.1) is 0 Å². The number of aliphatic hydroxyl groups is 1. The Hall–Kier alpha value is -2.62. The van der Waals surface area contributed by atoms with E-state index in [0.29, 0.717) is 6.61 Å². The van der Waals surface area contributed by atoms with Crippen molar-refractivity contribution in [3.05, 3.63) is 102 Å². The molecule has 3 heteroatoms. The van der Waals surface area contributed by atoms with E-state index in [-0.39, 0.29) is 0 Å². The topological polar surface area (TPSA) is 41.5 Å². The van der Waals surface area contributed by atoms with Crippen LogP contribution in [0.4, 0.5) is 0 Å². The number of methoxy groups -OCH3 is 1. The molecule has 0 spiro atoms. The molecule has 0 saturated carbocycles. The third-order valence-corrected chi connectivity index (χ3v) is 5.66. The van der Waals surface area contributed by atoms with Crippen molar-refractivity contribution in [3.8, 4) is 5.75 Å². The second kappa shape index (κ2) is 11.5. The largest absolute Gasteiger partial charge is 0.497 e. The van der Waals surface area contributed by atoms with Gasteiger partial charge in [-0.05, 0) is 48.2 Å². The first-order chi connectivity index (χ1) is 14.8. The summed E-state index contributed by atoms with van der Waals surface area (Å²) in [6, 6.07) is 29.7. The molecule has 3 aromatic rings. The number of rotatable bonds is 12. The average molecular weight is 404 g/mol. The molecule has 0 bridgehead atoms. The van der Waals surface area contributed by atoms with E-state index >= 15 is 0 Å². The van der Waals surface area contributed by atoms with Gasteiger partial charge in [0, 0.05) is 6.61 Å². The number of nitrogens with one attached hydrogen (secondary N) is 1. The van der Waals surface area contributed by atoms with Gasteiger partial charge in [-0.1, -0.05) is 92.1 Å². The van der Waals surface area contributed by atoms with E-state index < -0.39 is 5.54 Å². The van der Waals surface area contributed by atoms with Crippen molar-refractivity contribution in [2.75, 3.05) is 20.3 Å². The highest BCUT2D eigenvalue weighted by Crippen LogP contribution is 2.37. The van der Waals surface area contributed by atoms with Crippen LogP contribution in [0.1, 0.15) is 48.8 Å². The van der Waals surface area contributed by atoms with E-state index in [1.165, 1.54) is 16.7 Å². The summed E-state index contributed by atoms with van der Waals surface area (Å²) in [6.07, 6.45) is 5.42. The zero-order valence-electron chi connectivity index (χ0n) is 17.9. The summed E-state index contributed by atoms with van der Waals surface area (Å²) < 4.78 is 5.40. The van der Waals surface area contributed by atoms with Gasteiger partial charge in [0.05, 0.1) is 12.6 Å². The zero-order chi connectivity index (χ0) is 21.1. The SMILES string of the molecule is COc1ccc(C(NCCCCCCCO)(c2ccccc2)c2ccccc2)cc1. The van der Waals surface area contributed by atoms with Crippen LogP contribution >= 0.6 is 0 Å². The Bertz CT molecular complexity index is 808. The highest BCUT2D eigenvalue weighted by Gasteiger charge is 2.35. The molecule has 0 amide bonds. The van der Waals surface area contributed by atoms with E-state index in [9.17, 15) is 0 Å². The third kappa shape index (κ3) is 5.29. The van der Waals surface area contributed by atoms with Crippen LogP contribution in [-0.2, 0) is 5.54 Å². The van der Waals surface area contributed by atoms with Crippen molar-refractivity contribution in [1.29, 1.82) is 0 Å². The van der Waals surface area contributed by atoms with Gasteiger partial charge < -0.3 is 9.84 Å². The summed E-state index contributed by atoms with van der Waals surface area (Å²) in [6.45, 7) is 1.20. The first kappa shape index (κ1) is 22.1. The lowest BCUT2D eigenvalue weighted by molar-refractivity contribution is 0.282. The van der Waals surface area contributed by atoms with E-state index in [2.05, 4.69) is 78.1 Å². The molecule has 3 nitrogen and oxygen atoms in total. The van der Waals surface area contributed by atoms with Gasteiger partial charge >= 0.3 is 0 Å². The number of unbranched alkanes of at least 4 members (excludes halogenated alkanes) is 4. The minimum atomic E-state index is -0.431. The van der Waals surface area contributed by atoms with Gasteiger partial charge in [-0.2, -0.15) is 0 Å². The Labute approximate surface area is 180 Å². The van der Waals surface area contributed by atoms with Crippen molar-refractivity contribution in [2.45, 2.75) is 37.6 Å². The molecule has 0 radical (unpaired) electrons. The minimum absolute atomic E-state index is 0.293. The minimum Gasteiger partial charge on any atom is -0.497 e. The summed E-state index contributed by atoms with van der Waals surface area (Å²) in [4.78, 5) is 0. The van der Waals surface area contributed by atoms with Gasteiger partial charge in [0.2, 0.25) is 0 Å². The maximum atomic E-state index is 8.97. The quantitative estimate of drug-likeness (QED) is 0.309. The second-order valence-corrected chi connectivity index (χ2v) is 7.63. The van der Waals surface area contributed by atoms with Gasteiger partial charge in [-0.25, -0.2) is 0 Å². The Morgan fingerprint density at radius 2 is 1.17 bits per heavy atom. The molecular weight excluding hydrogens is 370 g/mol. The van der Waals surface area contributed by atoms with Gasteiger partial charge in [0.1, 0.15) is 5.75 Å². The first-order valence-corrected chi connectivity index (χ1v) is 10.9. The Morgan fingerprint density at radius 1 is 0.667 bits per heavy atom. The summed E-state index contributed by atoms with van der Waals surface area (Å²) in [7, 11) is 1.70. The molecule has 0 aliphatic rings. The Kier molecular flexibility index (Phi) is 8.49. The smallest absolute Gasteiger partial charge is 0.118 e. The van der Waals surface area contributed by atoms with Crippen LogP contribution in [0.3, 0.4) is 0 Å². The molecule has 0 heterocycles. The number of hydrogen-bond donors (Lipinski definition) is 2. The van der Waals surface area contributed by atoms with Crippen LogP contribution in [0.25, 0.3) is 0 Å². The molecule has 3 rings (SSSR count). The maximum Gasteiger partial charge on any atom is 0.118 e. The Morgan fingerprint density at radius 3 is 1.70 bits per heavy atom. The van der Waals surface area contributed by atoms with E-state index in [1.807, 2.05) is 12.1 Å². The summed E-state index contributed by atoms with van der Waals surface area (Å²) in [5.74, 6) is 0.859. The van der Waals surface area contributed by atoms with E-state index in [1.54, 1.807) is 7.11 Å². The van der Waals surface area contributed by atoms with Crippen molar-refractivity contribution < 1.29 is 9.84 Å². The average Bonchev–Trinajstić information content (AvgIpc) is 2.82. The lowest BCUT2D eigenvalue weighted by atomic mass is 9.77. The summed E-state index contributed by atoms with van der Waals surface area (Å²) >= 11 is 0. The van der Waals surface area contributed by atoms with Gasteiger partial charge in [0.25, 0.3) is 0 Å². The molecule has 0 unspecified atom stereocenters. The van der Waals surface area contributed by atoms with Gasteiger partial charge in [-0.15, -0.1) is 0 Å². The monoisotopic (exact) mass is 403 g/mol. The predicted molar refractivity (Wildman–Crippen MR) is 124 cm³/mol. The molecule has 0 aliphatic carbocycles. The van der Waals surface area contributed by atoms with Crippen LogP contribution in [-0.4, -0.2) is 25.4 Å². The van der Waals surface area contributed by atoms with Crippen LogP contribution < -0.4 is 10.1 Å². The molecule has 0 aromatic heterocycles. The molecule has 0 saturated heterocycles. The van der Waals surface area contributed by atoms with Gasteiger partial charge in [0.15, 0.2) is 0 Å². The standard InChI is InChI=1S/C27H33NO2/c1-30-26-19-17-25(18-20-26)27(23-13-7-5-8-14-23,24-15-9-6-10-16-24)28-21-11-3-2-4-12-22-29/h5-10,13-20,28-29H,2-4,11-12,21-22H2,1H3. The normalized spacial score (nSPS) is 11.4. The second-order valence-electron chi connectivity index (χ2n) is 7.63. The lowest BCUT2D eigenvalue weighted by Crippen LogP contribution is -2.45. The number of benzene rings is 3. The lowest BCUT2D eigenvalue weighted by Gasteiger charge is -2.37. The summed E-state index contributed by atoms with van der Waals surface area (Å²) in [5, 5.41) is 12.9. The van der Waals surface area contributed by atoms with Crippen LogP contribution in [0.5, 0.6) is 5.75 Å². The third-order valence-electron chi connectivity index (χ3n) is 5.66. The molecule has 3 aromatic carbocycles. The van der Waals surface area contributed by atoms with Crippen molar-refractivity contribution in [3.63, 3.8) is 0 Å². The number of aliphatic hydroxyl groups excluding tert-OH is 1. The van der Waals surface area contributed by atoms with E-state index in [4.69, 9.17) is 9.84 Å². The van der Waals surface area contributed by atoms with Gasteiger partial charge in [-0.3, -0.25) is 5.32 Å². The highest BCUT2D eigenvalue weighted by atomic mass is 16.5.